The van der Waals surface area contributed by atoms with Gasteiger partial charge in [0.25, 0.3) is 0 Å². The van der Waals surface area contributed by atoms with Gasteiger partial charge in [-0.05, 0) is 33.1 Å². The van der Waals surface area contributed by atoms with Crippen molar-refractivity contribution in [1.29, 1.82) is 0 Å². The summed E-state index contributed by atoms with van der Waals surface area (Å²) in [5, 5.41) is 9.90. The summed E-state index contributed by atoms with van der Waals surface area (Å²) in [7, 11) is 0. The zero-order chi connectivity index (χ0) is 11.3. The molecule has 3 heteroatoms. The lowest BCUT2D eigenvalue weighted by molar-refractivity contribution is -0.135. The molecule has 1 unspecified atom stereocenters. The standard InChI is InChI=1S/C12H21NO2/c1-11(2,15)9-4-7-13(8-9)10(14)12(3)5-6-12/h9,15H,4-8H2,1-3H3. The van der Waals surface area contributed by atoms with Crippen molar-refractivity contribution in [2.24, 2.45) is 11.3 Å². The first-order valence-corrected chi connectivity index (χ1v) is 5.85. The fourth-order valence-electron chi connectivity index (χ4n) is 2.30. The topological polar surface area (TPSA) is 40.5 Å². The largest absolute Gasteiger partial charge is 0.390 e. The molecule has 1 atom stereocenters. The van der Waals surface area contributed by atoms with E-state index in [4.69, 9.17) is 0 Å². The van der Waals surface area contributed by atoms with Gasteiger partial charge in [-0.1, -0.05) is 6.92 Å². The Bertz CT molecular complexity index is 276. The maximum atomic E-state index is 12.0. The Morgan fingerprint density at radius 3 is 2.47 bits per heavy atom. The van der Waals surface area contributed by atoms with Crippen LogP contribution in [0.25, 0.3) is 0 Å². The Hall–Kier alpha value is -0.570. The van der Waals surface area contributed by atoms with Gasteiger partial charge in [0, 0.05) is 24.4 Å². The summed E-state index contributed by atoms with van der Waals surface area (Å²) in [5.74, 6) is 0.540. The molecule has 0 radical (unpaired) electrons. The van der Waals surface area contributed by atoms with Crippen molar-refractivity contribution in [3.8, 4) is 0 Å². The van der Waals surface area contributed by atoms with Crippen molar-refractivity contribution in [2.45, 2.75) is 45.6 Å². The molecule has 0 aromatic heterocycles. The van der Waals surface area contributed by atoms with Gasteiger partial charge in [0.15, 0.2) is 0 Å². The van der Waals surface area contributed by atoms with Crippen molar-refractivity contribution in [2.75, 3.05) is 13.1 Å². The summed E-state index contributed by atoms with van der Waals surface area (Å²) < 4.78 is 0. The fourth-order valence-corrected chi connectivity index (χ4v) is 2.30. The first-order chi connectivity index (χ1) is 6.83. The van der Waals surface area contributed by atoms with Crippen LogP contribution < -0.4 is 0 Å². The van der Waals surface area contributed by atoms with Crippen LogP contribution in [0.15, 0.2) is 0 Å². The van der Waals surface area contributed by atoms with E-state index >= 15 is 0 Å². The van der Waals surface area contributed by atoms with E-state index in [-0.39, 0.29) is 11.3 Å². The molecule has 86 valence electrons. The minimum Gasteiger partial charge on any atom is -0.390 e. The molecule has 1 aliphatic carbocycles. The summed E-state index contributed by atoms with van der Waals surface area (Å²) in [6.45, 7) is 7.28. The maximum absolute atomic E-state index is 12.0. The second kappa shape index (κ2) is 3.21. The highest BCUT2D eigenvalue weighted by molar-refractivity contribution is 5.85. The highest BCUT2D eigenvalue weighted by atomic mass is 16.3. The molecule has 1 saturated heterocycles. The third-order valence-electron chi connectivity index (χ3n) is 3.99. The zero-order valence-corrected chi connectivity index (χ0v) is 9.92. The smallest absolute Gasteiger partial charge is 0.228 e. The van der Waals surface area contributed by atoms with Gasteiger partial charge in [-0.25, -0.2) is 0 Å². The summed E-state index contributed by atoms with van der Waals surface area (Å²) in [4.78, 5) is 14.0. The van der Waals surface area contributed by atoms with E-state index in [1.165, 1.54) is 0 Å². The molecule has 2 rings (SSSR count). The molecule has 2 aliphatic rings. The van der Waals surface area contributed by atoms with Crippen LogP contribution in [0.2, 0.25) is 0 Å². The molecule has 1 saturated carbocycles. The van der Waals surface area contributed by atoms with Crippen LogP contribution in [-0.2, 0) is 4.79 Å². The molecule has 3 nitrogen and oxygen atoms in total. The van der Waals surface area contributed by atoms with Gasteiger partial charge in [0.05, 0.1) is 5.60 Å². The van der Waals surface area contributed by atoms with Gasteiger partial charge in [0.2, 0.25) is 5.91 Å². The normalized spacial score (nSPS) is 29.3. The average molecular weight is 211 g/mol. The number of carbonyl (C=O) groups excluding carboxylic acids is 1. The minimum absolute atomic E-state index is 0.0610. The highest BCUT2D eigenvalue weighted by Crippen LogP contribution is 2.47. The van der Waals surface area contributed by atoms with Gasteiger partial charge in [-0.2, -0.15) is 0 Å². The van der Waals surface area contributed by atoms with E-state index in [0.717, 1.165) is 32.4 Å². The molecule has 1 N–H and O–H groups in total. The van der Waals surface area contributed by atoms with Gasteiger partial charge in [-0.3, -0.25) is 4.79 Å². The Kier molecular flexibility index (Phi) is 2.34. The third kappa shape index (κ3) is 2.03. The molecule has 0 aromatic rings. The summed E-state index contributed by atoms with van der Waals surface area (Å²) in [6.07, 6.45) is 3.01. The Morgan fingerprint density at radius 2 is 2.07 bits per heavy atom. The second-order valence-corrected chi connectivity index (χ2v) is 5.95. The van der Waals surface area contributed by atoms with E-state index in [1.807, 2.05) is 25.7 Å². The first-order valence-electron chi connectivity index (χ1n) is 5.85. The quantitative estimate of drug-likeness (QED) is 0.750. The SMILES string of the molecule is CC1(C(=O)N2CCC(C(C)(C)O)C2)CC1. The van der Waals surface area contributed by atoms with E-state index in [0.29, 0.717) is 5.91 Å². The van der Waals surface area contributed by atoms with Crippen LogP contribution in [0.5, 0.6) is 0 Å². The number of likely N-dealkylation sites (tertiary alicyclic amines) is 1. The number of carbonyl (C=O) groups is 1. The fraction of sp³-hybridized carbons (Fsp3) is 0.917. The Balaban J connectivity index is 1.96. The van der Waals surface area contributed by atoms with Gasteiger partial charge in [0.1, 0.15) is 0 Å². The van der Waals surface area contributed by atoms with Crippen LogP contribution in [-0.4, -0.2) is 34.6 Å². The van der Waals surface area contributed by atoms with Crippen molar-refractivity contribution >= 4 is 5.91 Å². The summed E-state index contributed by atoms with van der Waals surface area (Å²) in [5.41, 5.74) is -0.714. The monoisotopic (exact) mass is 211 g/mol. The second-order valence-electron chi connectivity index (χ2n) is 5.95. The van der Waals surface area contributed by atoms with E-state index in [1.54, 1.807) is 0 Å². The molecule has 15 heavy (non-hydrogen) atoms. The van der Waals surface area contributed by atoms with Crippen LogP contribution in [0.1, 0.15) is 40.0 Å². The minimum atomic E-state index is -0.653. The molecule has 0 aromatic carbocycles. The van der Waals surface area contributed by atoms with Crippen molar-refractivity contribution < 1.29 is 9.90 Å². The number of nitrogens with zero attached hydrogens (tertiary/aromatic N) is 1. The van der Waals surface area contributed by atoms with Crippen LogP contribution in [0, 0.1) is 11.3 Å². The lowest BCUT2D eigenvalue weighted by Crippen LogP contribution is -2.38. The zero-order valence-electron chi connectivity index (χ0n) is 9.92. The predicted molar refractivity (Wildman–Crippen MR) is 58.3 cm³/mol. The van der Waals surface area contributed by atoms with E-state index in [9.17, 15) is 9.90 Å². The molecule has 1 amide bonds. The van der Waals surface area contributed by atoms with Crippen molar-refractivity contribution in [3.63, 3.8) is 0 Å². The number of amides is 1. The lowest BCUT2D eigenvalue weighted by Gasteiger charge is -2.26. The van der Waals surface area contributed by atoms with Crippen LogP contribution in [0.4, 0.5) is 0 Å². The average Bonchev–Trinajstić information content (AvgIpc) is 2.68. The van der Waals surface area contributed by atoms with Gasteiger partial charge in [-0.15, -0.1) is 0 Å². The summed E-state index contributed by atoms with van der Waals surface area (Å²) in [6, 6.07) is 0. The molecular formula is C12H21NO2. The van der Waals surface area contributed by atoms with Crippen molar-refractivity contribution in [1.82, 2.24) is 4.90 Å². The lowest BCUT2D eigenvalue weighted by atomic mass is 9.90. The number of hydrogen-bond donors (Lipinski definition) is 1. The molecular weight excluding hydrogens is 190 g/mol. The molecule has 1 aliphatic heterocycles. The summed E-state index contributed by atoms with van der Waals surface area (Å²) >= 11 is 0. The van der Waals surface area contributed by atoms with E-state index in [2.05, 4.69) is 0 Å². The molecule has 1 heterocycles. The molecule has 0 bridgehead atoms. The van der Waals surface area contributed by atoms with E-state index < -0.39 is 5.60 Å². The van der Waals surface area contributed by atoms with Gasteiger partial charge < -0.3 is 10.0 Å². The molecule has 2 fully saturated rings. The van der Waals surface area contributed by atoms with Gasteiger partial charge >= 0.3 is 0 Å². The first kappa shape index (κ1) is 10.9. The highest BCUT2D eigenvalue weighted by Gasteiger charge is 2.49. The van der Waals surface area contributed by atoms with Crippen molar-refractivity contribution in [3.05, 3.63) is 0 Å². The maximum Gasteiger partial charge on any atom is 0.228 e. The van der Waals surface area contributed by atoms with Crippen LogP contribution in [0.3, 0.4) is 0 Å². The third-order valence-corrected chi connectivity index (χ3v) is 3.99. The van der Waals surface area contributed by atoms with Crippen LogP contribution >= 0.6 is 0 Å². The Labute approximate surface area is 91.5 Å². The number of aliphatic hydroxyl groups is 1. The predicted octanol–water partition coefficient (Wildman–Crippen LogP) is 1.41. The Morgan fingerprint density at radius 1 is 1.47 bits per heavy atom. The molecule has 0 spiro atoms. The number of hydrogen-bond acceptors (Lipinski definition) is 2. The number of rotatable bonds is 2.